The van der Waals surface area contributed by atoms with E-state index in [1.54, 1.807) is 48.3 Å². The Kier molecular flexibility index (Phi) is 5.52. The van der Waals surface area contributed by atoms with Gasteiger partial charge in [0, 0.05) is 36.8 Å². The molecule has 0 aliphatic rings. The molecule has 3 aromatic rings. The summed E-state index contributed by atoms with van der Waals surface area (Å²) in [6.07, 6.45) is 3.24. The van der Waals surface area contributed by atoms with Gasteiger partial charge in [0.2, 0.25) is 5.78 Å². The maximum absolute atomic E-state index is 13.1. The minimum Gasteiger partial charge on any atom is -0.484 e. The third kappa shape index (κ3) is 4.51. The van der Waals surface area contributed by atoms with Crippen LogP contribution in [0.25, 0.3) is 0 Å². The Bertz CT molecular complexity index is 986. The first-order valence-electron chi connectivity index (χ1n) is 7.94. The van der Waals surface area contributed by atoms with Gasteiger partial charge in [0.15, 0.2) is 12.4 Å². The minimum absolute atomic E-state index is 0.0825. The summed E-state index contributed by atoms with van der Waals surface area (Å²) in [4.78, 5) is 28.3. The molecule has 0 saturated carbocycles. The number of nitrogens with one attached hydrogen (secondary N) is 1. The van der Waals surface area contributed by atoms with E-state index >= 15 is 0 Å². The van der Waals surface area contributed by atoms with Crippen molar-refractivity contribution in [1.29, 1.82) is 0 Å². The SMILES string of the molecule is Cn1ccnc1C(=O)c1ccc(NC(=O)COc2ccc(F)c(Cl)c2)cc1. The van der Waals surface area contributed by atoms with Gasteiger partial charge in [-0.1, -0.05) is 11.6 Å². The van der Waals surface area contributed by atoms with Gasteiger partial charge in [-0.3, -0.25) is 9.59 Å². The van der Waals surface area contributed by atoms with E-state index in [1.165, 1.54) is 12.1 Å². The van der Waals surface area contributed by atoms with Crippen molar-refractivity contribution < 1.29 is 18.7 Å². The second kappa shape index (κ2) is 8.01. The maximum atomic E-state index is 13.1. The Morgan fingerprint density at radius 3 is 2.59 bits per heavy atom. The summed E-state index contributed by atoms with van der Waals surface area (Å²) in [6, 6.07) is 10.3. The van der Waals surface area contributed by atoms with Crippen LogP contribution in [0.2, 0.25) is 5.02 Å². The van der Waals surface area contributed by atoms with Gasteiger partial charge >= 0.3 is 0 Å². The fourth-order valence-corrected chi connectivity index (χ4v) is 2.50. The molecular weight excluding hydrogens is 373 g/mol. The summed E-state index contributed by atoms with van der Waals surface area (Å²) in [5, 5.41) is 2.56. The lowest BCUT2D eigenvalue weighted by Crippen LogP contribution is -2.20. The van der Waals surface area contributed by atoms with Gasteiger partial charge in [0.1, 0.15) is 11.6 Å². The molecule has 6 nitrogen and oxygen atoms in total. The van der Waals surface area contributed by atoms with Crippen LogP contribution in [0, 0.1) is 5.82 Å². The van der Waals surface area contributed by atoms with E-state index in [1.807, 2.05) is 0 Å². The zero-order valence-electron chi connectivity index (χ0n) is 14.3. The quantitative estimate of drug-likeness (QED) is 0.657. The number of carbonyl (C=O) groups excluding carboxylic acids is 2. The number of hydrogen-bond acceptors (Lipinski definition) is 4. The van der Waals surface area contributed by atoms with Crippen LogP contribution in [0.15, 0.2) is 54.9 Å². The molecule has 1 N–H and O–H groups in total. The molecule has 8 heteroatoms. The molecule has 0 saturated heterocycles. The number of nitrogens with zero attached hydrogens (tertiary/aromatic N) is 2. The maximum Gasteiger partial charge on any atom is 0.262 e. The van der Waals surface area contributed by atoms with E-state index in [2.05, 4.69) is 10.3 Å². The Morgan fingerprint density at radius 2 is 1.96 bits per heavy atom. The van der Waals surface area contributed by atoms with Crippen molar-refractivity contribution in [3.05, 3.63) is 77.1 Å². The van der Waals surface area contributed by atoms with Crippen LogP contribution in [0.1, 0.15) is 16.2 Å². The summed E-state index contributed by atoms with van der Waals surface area (Å²) in [7, 11) is 1.74. The molecule has 0 bridgehead atoms. The van der Waals surface area contributed by atoms with Crippen LogP contribution < -0.4 is 10.1 Å². The molecule has 1 amide bonds. The summed E-state index contributed by atoms with van der Waals surface area (Å²) in [5.41, 5.74) is 0.969. The monoisotopic (exact) mass is 387 g/mol. The van der Waals surface area contributed by atoms with E-state index in [9.17, 15) is 14.0 Å². The van der Waals surface area contributed by atoms with Crippen LogP contribution in [0.5, 0.6) is 5.75 Å². The van der Waals surface area contributed by atoms with Crippen molar-refractivity contribution in [1.82, 2.24) is 9.55 Å². The van der Waals surface area contributed by atoms with Crippen LogP contribution in [-0.2, 0) is 11.8 Å². The molecule has 0 aliphatic heterocycles. The first-order chi connectivity index (χ1) is 12.9. The number of aryl methyl sites for hydroxylation is 1. The number of aromatic nitrogens is 2. The van der Waals surface area contributed by atoms with Crippen LogP contribution in [-0.4, -0.2) is 27.8 Å². The van der Waals surface area contributed by atoms with Crippen molar-refractivity contribution in [3.63, 3.8) is 0 Å². The van der Waals surface area contributed by atoms with E-state index < -0.39 is 11.7 Å². The molecule has 0 radical (unpaired) electrons. The number of halogens is 2. The van der Waals surface area contributed by atoms with Crippen LogP contribution >= 0.6 is 11.6 Å². The summed E-state index contributed by atoms with van der Waals surface area (Å²) < 4.78 is 20.0. The largest absolute Gasteiger partial charge is 0.484 e. The van der Waals surface area contributed by atoms with Gasteiger partial charge in [0.25, 0.3) is 5.91 Å². The minimum atomic E-state index is -0.561. The third-order valence-corrected chi connectivity index (χ3v) is 4.01. The van der Waals surface area contributed by atoms with E-state index in [0.29, 0.717) is 17.1 Å². The highest BCUT2D eigenvalue weighted by Gasteiger charge is 2.13. The molecular formula is C19H15ClFN3O3. The average Bonchev–Trinajstić information content (AvgIpc) is 3.09. The normalized spacial score (nSPS) is 10.5. The molecule has 0 spiro atoms. The predicted octanol–water partition coefficient (Wildman–Crippen LogP) is 3.46. The molecule has 138 valence electrons. The number of hydrogen-bond donors (Lipinski definition) is 1. The zero-order valence-corrected chi connectivity index (χ0v) is 15.0. The smallest absolute Gasteiger partial charge is 0.262 e. The average molecular weight is 388 g/mol. The molecule has 0 fully saturated rings. The lowest BCUT2D eigenvalue weighted by molar-refractivity contribution is -0.118. The number of amides is 1. The van der Waals surface area contributed by atoms with E-state index in [0.717, 1.165) is 6.07 Å². The predicted molar refractivity (Wildman–Crippen MR) is 98.6 cm³/mol. The van der Waals surface area contributed by atoms with Gasteiger partial charge in [-0.2, -0.15) is 0 Å². The standard InChI is InChI=1S/C19H15ClFN3O3/c1-24-9-8-22-19(24)18(26)12-2-4-13(5-3-12)23-17(25)11-27-14-6-7-16(21)15(20)10-14/h2-10H,11H2,1H3,(H,23,25). The summed E-state index contributed by atoms with van der Waals surface area (Å²) in [5.74, 6) is -0.560. The third-order valence-electron chi connectivity index (χ3n) is 3.72. The molecule has 27 heavy (non-hydrogen) atoms. The second-order valence-electron chi connectivity index (χ2n) is 5.68. The molecule has 2 aromatic carbocycles. The molecule has 0 unspecified atom stereocenters. The topological polar surface area (TPSA) is 73.2 Å². The highest BCUT2D eigenvalue weighted by molar-refractivity contribution is 6.30. The Balaban J connectivity index is 1.57. The second-order valence-corrected chi connectivity index (χ2v) is 6.09. The van der Waals surface area contributed by atoms with Crippen molar-refractivity contribution in [2.24, 2.45) is 7.05 Å². The van der Waals surface area contributed by atoms with Crippen molar-refractivity contribution >= 4 is 29.0 Å². The van der Waals surface area contributed by atoms with E-state index in [4.69, 9.17) is 16.3 Å². The van der Waals surface area contributed by atoms with Gasteiger partial charge < -0.3 is 14.6 Å². The summed E-state index contributed by atoms with van der Waals surface area (Å²) >= 11 is 5.66. The fourth-order valence-electron chi connectivity index (χ4n) is 2.33. The number of carbonyl (C=O) groups is 2. The highest BCUT2D eigenvalue weighted by atomic mass is 35.5. The number of imidazole rings is 1. The van der Waals surface area contributed by atoms with Crippen molar-refractivity contribution in [3.8, 4) is 5.75 Å². The highest BCUT2D eigenvalue weighted by Crippen LogP contribution is 2.21. The van der Waals surface area contributed by atoms with Gasteiger partial charge in [-0.05, 0) is 36.4 Å². The van der Waals surface area contributed by atoms with Crippen LogP contribution in [0.3, 0.4) is 0 Å². The van der Waals surface area contributed by atoms with Gasteiger partial charge in [-0.15, -0.1) is 0 Å². The first-order valence-corrected chi connectivity index (χ1v) is 8.31. The zero-order chi connectivity index (χ0) is 19.4. The Hall–Kier alpha value is -3.19. The lowest BCUT2D eigenvalue weighted by Gasteiger charge is -2.08. The van der Waals surface area contributed by atoms with Gasteiger partial charge in [-0.25, -0.2) is 9.37 Å². The lowest BCUT2D eigenvalue weighted by atomic mass is 10.1. The van der Waals surface area contributed by atoms with E-state index in [-0.39, 0.29) is 23.2 Å². The van der Waals surface area contributed by atoms with Crippen molar-refractivity contribution in [2.45, 2.75) is 0 Å². The number of ketones is 1. The van der Waals surface area contributed by atoms with Gasteiger partial charge in [0.05, 0.1) is 5.02 Å². The molecule has 0 aliphatic carbocycles. The number of anilines is 1. The molecule has 1 aromatic heterocycles. The number of ether oxygens (including phenoxy) is 1. The molecule has 1 heterocycles. The number of rotatable bonds is 6. The Labute approximate surface area is 159 Å². The summed E-state index contributed by atoms with van der Waals surface area (Å²) in [6.45, 7) is -0.268. The van der Waals surface area contributed by atoms with Crippen molar-refractivity contribution in [2.75, 3.05) is 11.9 Å². The molecule has 0 atom stereocenters. The molecule has 3 rings (SSSR count). The number of benzene rings is 2. The first kappa shape index (κ1) is 18.6. The van der Waals surface area contributed by atoms with Crippen LogP contribution in [0.4, 0.5) is 10.1 Å². The Morgan fingerprint density at radius 1 is 1.22 bits per heavy atom. The fraction of sp³-hybridized carbons (Fsp3) is 0.105.